The van der Waals surface area contributed by atoms with E-state index in [1.807, 2.05) is 16.8 Å². The average molecular weight is 337 g/mol. The van der Waals surface area contributed by atoms with Crippen LogP contribution in [0, 0.1) is 11.8 Å². The topological polar surface area (TPSA) is 72.9 Å². The number of carboxylic acid groups (broad SMARTS) is 1. The smallest absolute Gasteiger partial charge is 0.317 e. The molecule has 24 heavy (non-hydrogen) atoms. The average Bonchev–Trinajstić information content (AvgIpc) is 2.81. The van der Waals surface area contributed by atoms with E-state index in [0.717, 1.165) is 44.7 Å². The number of likely N-dealkylation sites (tertiary alicyclic amines) is 1. The highest BCUT2D eigenvalue weighted by atomic mass is 16.4. The summed E-state index contributed by atoms with van der Waals surface area (Å²) in [5.74, 6) is 0.711. The monoisotopic (exact) mass is 337 g/mol. The molecule has 3 aliphatic carbocycles. The molecule has 2 amide bonds. The highest BCUT2D eigenvalue weighted by Gasteiger charge is 2.37. The molecule has 1 aliphatic heterocycles. The first kappa shape index (κ1) is 17.5. The summed E-state index contributed by atoms with van der Waals surface area (Å²) < 4.78 is 0. The van der Waals surface area contributed by atoms with Crippen molar-refractivity contribution in [3.8, 4) is 0 Å². The van der Waals surface area contributed by atoms with Crippen LogP contribution in [0.1, 0.15) is 51.4 Å². The summed E-state index contributed by atoms with van der Waals surface area (Å²) in [6.45, 7) is 1.58. The molecule has 2 atom stereocenters. The fraction of sp³-hybridized carbons (Fsp3) is 0.889. The van der Waals surface area contributed by atoms with Crippen molar-refractivity contribution in [2.75, 3.05) is 26.7 Å². The molecule has 4 fully saturated rings. The molecule has 0 aromatic rings. The highest BCUT2D eigenvalue weighted by Crippen LogP contribution is 2.41. The van der Waals surface area contributed by atoms with E-state index in [9.17, 15) is 9.59 Å². The van der Waals surface area contributed by atoms with Gasteiger partial charge in [0.25, 0.3) is 0 Å². The van der Waals surface area contributed by atoms with Crippen molar-refractivity contribution in [1.29, 1.82) is 0 Å². The molecule has 4 aliphatic rings. The lowest BCUT2D eigenvalue weighted by atomic mass is 9.68. The van der Waals surface area contributed by atoms with E-state index in [1.165, 1.54) is 25.7 Å². The van der Waals surface area contributed by atoms with Gasteiger partial charge in [0.15, 0.2) is 0 Å². The molecular weight excluding hydrogens is 306 g/mol. The van der Waals surface area contributed by atoms with Crippen LogP contribution in [-0.2, 0) is 4.79 Å². The van der Waals surface area contributed by atoms with E-state index in [0.29, 0.717) is 12.0 Å². The van der Waals surface area contributed by atoms with Crippen LogP contribution in [0.2, 0.25) is 0 Å². The fourth-order valence-corrected chi connectivity index (χ4v) is 4.87. The highest BCUT2D eigenvalue weighted by molar-refractivity contribution is 5.74. The van der Waals surface area contributed by atoms with Crippen LogP contribution in [-0.4, -0.2) is 65.7 Å². The molecule has 3 saturated carbocycles. The number of carbonyl (C=O) groups excluding carboxylic acids is 1. The number of amides is 2. The Morgan fingerprint density at radius 2 is 1.88 bits per heavy atom. The van der Waals surface area contributed by atoms with Crippen molar-refractivity contribution in [3.05, 3.63) is 0 Å². The molecule has 0 radical (unpaired) electrons. The summed E-state index contributed by atoms with van der Waals surface area (Å²) in [5.41, 5.74) is 0. The van der Waals surface area contributed by atoms with Gasteiger partial charge in [0.1, 0.15) is 0 Å². The number of aliphatic carboxylic acids is 1. The molecule has 1 saturated heterocycles. The van der Waals surface area contributed by atoms with Gasteiger partial charge in [-0.2, -0.15) is 0 Å². The zero-order valence-corrected chi connectivity index (χ0v) is 14.7. The largest absolute Gasteiger partial charge is 0.480 e. The minimum Gasteiger partial charge on any atom is -0.480 e. The Labute approximate surface area is 144 Å². The maximum atomic E-state index is 12.7. The number of nitrogens with zero attached hydrogens (tertiary/aromatic N) is 2. The van der Waals surface area contributed by atoms with Gasteiger partial charge in [-0.05, 0) is 57.4 Å². The Hall–Kier alpha value is -1.30. The summed E-state index contributed by atoms with van der Waals surface area (Å²) in [7, 11) is 1.87. The minimum absolute atomic E-state index is 0.0714. The molecule has 136 valence electrons. The molecule has 6 heteroatoms. The van der Waals surface area contributed by atoms with Crippen LogP contribution >= 0.6 is 0 Å². The lowest BCUT2D eigenvalue weighted by Gasteiger charge is -2.43. The van der Waals surface area contributed by atoms with Crippen molar-refractivity contribution in [2.45, 2.75) is 63.5 Å². The normalized spacial score (nSPS) is 33.3. The Bertz CT molecular complexity index is 462. The third-order valence-corrected chi connectivity index (χ3v) is 6.35. The van der Waals surface area contributed by atoms with Gasteiger partial charge in [-0.3, -0.25) is 9.69 Å². The van der Waals surface area contributed by atoms with Crippen LogP contribution in [0.4, 0.5) is 4.79 Å². The van der Waals surface area contributed by atoms with E-state index in [1.54, 1.807) is 0 Å². The first-order chi connectivity index (χ1) is 11.5. The van der Waals surface area contributed by atoms with E-state index in [2.05, 4.69) is 5.32 Å². The summed E-state index contributed by atoms with van der Waals surface area (Å²) in [4.78, 5) is 27.4. The first-order valence-corrected chi connectivity index (χ1v) is 9.50. The molecule has 4 rings (SSSR count). The number of hydrogen-bond donors (Lipinski definition) is 2. The predicted octanol–water partition coefficient (Wildman–Crippen LogP) is 2.15. The molecule has 0 aromatic carbocycles. The number of urea groups is 1. The van der Waals surface area contributed by atoms with Crippen molar-refractivity contribution in [2.24, 2.45) is 11.8 Å². The Morgan fingerprint density at radius 1 is 1.12 bits per heavy atom. The molecule has 0 aromatic heterocycles. The van der Waals surface area contributed by atoms with Gasteiger partial charge in [0.2, 0.25) is 0 Å². The van der Waals surface area contributed by atoms with Gasteiger partial charge in [-0.1, -0.05) is 12.8 Å². The number of carboxylic acids is 1. The van der Waals surface area contributed by atoms with Crippen LogP contribution < -0.4 is 5.32 Å². The molecular formula is C18H31N3O3. The molecule has 1 heterocycles. The van der Waals surface area contributed by atoms with Crippen molar-refractivity contribution < 1.29 is 14.7 Å². The Kier molecular flexibility index (Phi) is 5.64. The number of nitrogens with one attached hydrogen (secondary N) is 1. The standard InChI is InChI=1S/C18H31N3O3/c1-20(12-17(22)23)15-3-2-9-21(10-8-15)18(24)19-16-11-13-4-6-14(16)7-5-13/h13-16H,2-12H2,1H3,(H,19,24)(H,22,23). The quantitative estimate of drug-likeness (QED) is 0.824. The maximum absolute atomic E-state index is 12.7. The first-order valence-electron chi connectivity index (χ1n) is 9.50. The molecule has 6 nitrogen and oxygen atoms in total. The fourth-order valence-electron chi connectivity index (χ4n) is 4.87. The number of fused-ring (bicyclic) bond motifs is 3. The van der Waals surface area contributed by atoms with Gasteiger partial charge in [0, 0.05) is 25.2 Å². The second-order valence-electron chi connectivity index (χ2n) is 7.95. The van der Waals surface area contributed by atoms with Gasteiger partial charge >= 0.3 is 12.0 Å². The minimum atomic E-state index is -0.788. The van der Waals surface area contributed by atoms with Gasteiger partial charge in [-0.15, -0.1) is 0 Å². The second kappa shape index (κ2) is 7.72. The lowest BCUT2D eigenvalue weighted by molar-refractivity contribution is -0.138. The maximum Gasteiger partial charge on any atom is 0.317 e. The SMILES string of the molecule is CN(CC(=O)O)C1CCCN(C(=O)NC2CC3CCC2CC3)CC1. The third-order valence-electron chi connectivity index (χ3n) is 6.35. The van der Waals surface area contributed by atoms with E-state index in [-0.39, 0.29) is 18.6 Å². The summed E-state index contributed by atoms with van der Waals surface area (Å²) in [5, 5.41) is 12.2. The summed E-state index contributed by atoms with van der Waals surface area (Å²) in [6.07, 6.45) is 9.16. The van der Waals surface area contributed by atoms with Crippen molar-refractivity contribution in [1.82, 2.24) is 15.1 Å². The van der Waals surface area contributed by atoms with Crippen LogP contribution in [0.25, 0.3) is 0 Å². The van der Waals surface area contributed by atoms with E-state index < -0.39 is 5.97 Å². The Balaban J connectivity index is 1.48. The van der Waals surface area contributed by atoms with E-state index >= 15 is 0 Å². The third kappa shape index (κ3) is 4.21. The van der Waals surface area contributed by atoms with Gasteiger partial charge in [-0.25, -0.2) is 4.79 Å². The van der Waals surface area contributed by atoms with E-state index in [4.69, 9.17) is 5.11 Å². The molecule has 2 bridgehead atoms. The predicted molar refractivity (Wildman–Crippen MR) is 91.9 cm³/mol. The molecule has 0 spiro atoms. The van der Waals surface area contributed by atoms with Crippen LogP contribution in [0.5, 0.6) is 0 Å². The zero-order valence-electron chi connectivity index (χ0n) is 14.7. The van der Waals surface area contributed by atoms with Crippen molar-refractivity contribution in [3.63, 3.8) is 0 Å². The van der Waals surface area contributed by atoms with Gasteiger partial charge < -0.3 is 15.3 Å². The number of likely N-dealkylation sites (N-methyl/N-ethyl adjacent to an activating group) is 1. The molecule has 2 unspecified atom stereocenters. The zero-order chi connectivity index (χ0) is 17.1. The Morgan fingerprint density at radius 3 is 2.50 bits per heavy atom. The number of hydrogen-bond acceptors (Lipinski definition) is 3. The summed E-state index contributed by atoms with van der Waals surface area (Å²) >= 11 is 0. The van der Waals surface area contributed by atoms with Gasteiger partial charge in [0.05, 0.1) is 6.54 Å². The van der Waals surface area contributed by atoms with Crippen LogP contribution in [0.3, 0.4) is 0 Å². The molecule has 2 N–H and O–H groups in total. The lowest BCUT2D eigenvalue weighted by Crippen LogP contribution is -2.51. The summed E-state index contributed by atoms with van der Waals surface area (Å²) in [6, 6.07) is 0.720. The second-order valence-corrected chi connectivity index (χ2v) is 7.95. The number of carbonyl (C=O) groups is 2. The van der Waals surface area contributed by atoms with Crippen molar-refractivity contribution >= 4 is 12.0 Å². The van der Waals surface area contributed by atoms with Crippen LogP contribution in [0.15, 0.2) is 0 Å². The number of rotatable bonds is 4.